The molecule has 2 aromatic rings. The molecule has 3 rings (SSSR count). The first-order chi connectivity index (χ1) is 18.6. The Balaban J connectivity index is 1.88. The van der Waals surface area contributed by atoms with Gasteiger partial charge in [-0.15, -0.1) is 0 Å². The summed E-state index contributed by atoms with van der Waals surface area (Å²) < 4.78 is 80.7. The number of ketones is 1. The van der Waals surface area contributed by atoms with E-state index in [1.807, 2.05) is 5.43 Å². The Labute approximate surface area is 230 Å². The second-order valence-electron chi connectivity index (χ2n) is 10.2. The molecule has 0 saturated heterocycles. The zero-order valence-corrected chi connectivity index (χ0v) is 22.8. The van der Waals surface area contributed by atoms with Crippen molar-refractivity contribution in [3.63, 3.8) is 0 Å². The topological polar surface area (TPSA) is 113 Å². The van der Waals surface area contributed by atoms with E-state index in [0.29, 0.717) is 10.6 Å². The number of benzene rings is 2. The van der Waals surface area contributed by atoms with Gasteiger partial charge in [-0.2, -0.15) is 13.2 Å². The zero-order chi connectivity index (χ0) is 29.7. The largest absolute Gasteiger partial charge is 0.409 e. The number of Topliss-reactive ketones (excluding diaryl/α,β-unsaturated/α-hetero) is 1. The molecule has 0 aromatic heterocycles. The van der Waals surface area contributed by atoms with Gasteiger partial charge in [0, 0.05) is 13.0 Å². The maximum atomic E-state index is 14.2. The fourth-order valence-corrected chi connectivity index (χ4v) is 5.69. The first-order valence-corrected chi connectivity index (χ1v) is 14.4. The summed E-state index contributed by atoms with van der Waals surface area (Å²) in [5.41, 5.74) is 0.0173. The van der Waals surface area contributed by atoms with Crippen LogP contribution in [0.2, 0.25) is 0 Å². The number of hydrogen-bond donors (Lipinski definition) is 2. The lowest BCUT2D eigenvalue weighted by atomic mass is 9.96. The van der Waals surface area contributed by atoms with Gasteiger partial charge in [0.1, 0.15) is 17.4 Å². The Hall–Kier alpha value is -3.32. The van der Waals surface area contributed by atoms with E-state index in [1.54, 1.807) is 30.3 Å². The Bertz CT molecular complexity index is 1310. The number of nitrogens with one attached hydrogen (secondary N) is 2. The average molecular weight is 586 g/mol. The highest BCUT2D eigenvalue weighted by molar-refractivity contribution is 7.91. The van der Waals surface area contributed by atoms with Crippen molar-refractivity contribution in [2.75, 3.05) is 11.5 Å². The molecule has 2 amide bonds. The first-order valence-electron chi connectivity index (χ1n) is 12.6. The van der Waals surface area contributed by atoms with Crippen molar-refractivity contribution in [3.8, 4) is 0 Å². The quantitative estimate of drug-likeness (QED) is 0.211. The summed E-state index contributed by atoms with van der Waals surface area (Å²) in [6.07, 6.45) is -4.27. The molecule has 13 heteroatoms. The van der Waals surface area contributed by atoms with E-state index in [-0.39, 0.29) is 18.2 Å². The van der Waals surface area contributed by atoms with Gasteiger partial charge in [0.25, 0.3) is 5.91 Å². The number of alkyl halides is 3. The fourth-order valence-electron chi connectivity index (χ4n) is 3.99. The summed E-state index contributed by atoms with van der Waals surface area (Å²) >= 11 is 0. The third kappa shape index (κ3) is 8.59. The minimum absolute atomic E-state index is 0.00579. The lowest BCUT2D eigenvalue weighted by molar-refractivity contribution is -0.183. The molecule has 1 aliphatic rings. The third-order valence-electron chi connectivity index (χ3n) is 6.47. The van der Waals surface area contributed by atoms with Crippen LogP contribution in [0.4, 0.5) is 17.6 Å². The monoisotopic (exact) mass is 585 g/mol. The minimum atomic E-state index is -5.02. The molecule has 2 aromatic carbocycles. The maximum absolute atomic E-state index is 14.2. The van der Waals surface area contributed by atoms with E-state index >= 15 is 0 Å². The zero-order valence-electron chi connectivity index (χ0n) is 22.0. The summed E-state index contributed by atoms with van der Waals surface area (Å²) in [7, 11) is -3.69. The molecule has 1 aliphatic carbocycles. The highest BCUT2D eigenvalue weighted by Crippen LogP contribution is 2.35. The Morgan fingerprint density at radius 1 is 1.00 bits per heavy atom. The van der Waals surface area contributed by atoms with E-state index in [2.05, 4.69) is 5.32 Å². The molecule has 1 atom stereocenters. The predicted octanol–water partition coefficient (Wildman–Crippen LogP) is 3.64. The molecule has 0 unspecified atom stereocenters. The van der Waals surface area contributed by atoms with Gasteiger partial charge in [-0.25, -0.2) is 18.2 Å². The lowest BCUT2D eigenvalue weighted by Gasteiger charge is -2.40. The van der Waals surface area contributed by atoms with E-state index in [4.69, 9.17) is 0 Å². The first kappa shape index (κ1) is 31.2. The smallest absolute Gasteiger partial charge is 0.345 e. The van der Waals surface area contributed by atoms with Gasteiger partial charge in [-0.3, -0.25) is 19.4 Å². The van der Waals surface area contributed by atoms with E-state index in [1.165, 1.54) is 0 Å². The van der Waals surface area contributed by atoms with Gasteiger partial charge in [0.15, 0.2) is 9.84 Å². The number of hydrogen-bond acceptors (Lipinski definition) is 6. The van der Waals surface area contributed by atoms with Crippen molar-refractivity contribution in [2.45, 2.75) is 57.4 Å². The van der Waals surface area contributed by atoms with Crippen molar-refractivity contribution < 1.29 is 40.4 Å². The molecule has 0 spiro atoms. The van der Waals surface area contributed by atoms with Crippen LogP contribution in [0, 0.1) is 11.7 Å². The van der Waals surface area contributed by atoms with Gasteiger partial charge in [-0.1, -0.05) is 42.5 Å². The van der Waals surface area contributed by atoms with Gasteiger partial charge in [0.05, 0.1) is 11.5 Å². The number of amides is 2. The number of carbonyl (C=O) groups excluding carboxylic acids is 3. The molecule has 0 heterocycles. The molecular formula is C27H31F4N3O5S. The van der Waals surface area contributed by atoms with Crippen molar-refractivity contribution in [3.05, 3.63) is 71.5 Å². The summed E-state index contributed by atoms with van der Waals surface area (Å²) in [5, 5.41) is 2.76. The Kier molecular flexibility index (Phi) is 9.72. The van der Waals surface area contributed by atoms with Crippen LogP contribution in [0.1, 0.15) is 50.3 Å². The third-order valence-corrected chi connectivity index (χ3v) is 8.27. The number of hydrazine groups is 1. The second-order valence-corrected chi connectivity index (χ2v) is 12.5. The molecular weight excluding hydrogens is 554 g/mol. The van der Waals surface area contributed by atoms with Crippen LogP contribution >= 0.6 is 0 Å². The molecule has 0 radical (unpaired) electrons. The van der Waals surface area contributed by atoms with Gasteiger partial charge in [0.2, 0.25) is 11.7 Å². The highest BCUT2D eigenvalue weighted by Gasteiger charge is 2.48. The number of nitrogens with zero attached hydrogens (tertiary/aromatic N) is 1. The van der Waals surface area contributed by atoms with Crippen molar-refractivity contribution in [1.82, 2.24) is 15.8 Å². The fraction of sp³-hybridized carbons (Fsp3) is 0.444. The molecule has 0 bridgehead atoms. The number of halogens is 4. The number of rotatable bonds is 13. The van der Waals surface area contributed by atoms with Gasteiger partial charge < -0.3 is 5.32 Å². The highest BCUT2D eigenvalue weighted by atomic mass is 32.2. The second kappa shape index (κ2) is 12.5. The molecule has 0 aliphatic heterocycles. The van der Waals surface area contributed by atoms with Crippen LogP contribution in [0.5, 0.6) is 0 Å². The van der Waals surface area contributed by atoms with Gasteiger partial charge in [-0.05, 0) is 55.9 Å². The van der Waals surface area contributed by atoms with E-state index < -0.39 is 68.7 Å². The van der Waals surface area contributed by atoms with Crippen LogP contribution < -0.4 is 10.7 Å². The number of carbonyl (C=O) groups is 3. The van der Waals surface area contributed by atoms with Crippen LogP contribution in [0.3, 0.4) is 0 Å². The van der Waals surface area contributed by atoms with Crippen molar-refractivity contribution in [2.24, 2.45) is 5.92 Å². The molecule has 40 heavy (non-hydrogen) atoms. The Morgan fingerprint density at radius 3 is 2.15 bits per heavy atom. The van der Waals surface area contributed by atoms with E-state index in [0.717, 1.165) is 51.0 Å². The molecule has 8 nitrogen and oxygen atoms in total. The standard InChI is InChI=1S/C27H31F4N3O5S/c1-26(2,24(36)25(37)32-16-18-6-4-3-5-7-18)34(22(35)14-15-40(38,39)17-19-8-9-19)33-23(27(29,30)31)20-10-12-21(28)13-11-20/h3-7,10-13,19,23,33H,8-9,14-17H2,1-2H3,(H,32,37)/t23-/m0/s1. The molecule has 1 fully saturated rings. The van der Waals surface area contributed by atoms with E-state index in [9.17, 15) is 40.4 Å². The molecule has 1 saturated carbocycles. The van der Waals surface area contributed by atoms with Crippen molar-refractivity contribution >= 4 is 27.4 Å². The molecule has 218 valence electrons. The maximum Gasteiger partial charge on any atom is 0.409 e. The summed E-state index contributed by atoms with van der Waals surface area (Å²) in [6.45, 7) is 2.11. The summed E-state index contributed by atoms with van der Waals surface area (Å²) in [5.74, 6) is -5.09. The lowest BCUT2D eigenvalue weighted by Crippen LogP contribution is -2.63. The molecule has 2 N–H and O–H groups in total. The summed E-state index contributed by atoms with van der Waals surface area (Å²) in [4.78, 5) is 39.2. The normalized spacial score (nSPS) is 14.8. The average Bonchev–Trinajstić information content (AvgIpc) is 3.69. The predicted molar refractivity (Wildman–Crippen MR) is 139 cm³/mol. The van der Waals surface area contributed by atoms with Crippen LogP contribution in [0.15, 0.2) is 54.6 Å². The van der Waals surface area contributed by atoms with Gasteiger partial charge >= 0.3 is 6.18 Å². The van der Waals surface area contributed by atoms with Crippen molar-refractivity contribution in [1.29, 1.82) is 0 Å². The van der Waals surface area contributed by atoms with Crippen LogP contribution in [-0.2, 0) is 30.8 Å². The summed E-state index contributed by atoms with van der Waals surface area (Å²) in [6, 6.07) is 9.30. The van der Waals surface area contributed by atoms with Crippen LogP contribution in [0.25, 0.3) is 0 Å². The van der Waals surface area contributed by atoms with Crippen LogP contribution in [-0.4, -0.2) is 54.2 Å². The Morgan fingerprint density at radius 2 is 1.60 bits per heavy atom. The SMILES string of the molecule is CC(C)(C(=O)C(=O)NCc1ccccc1)N(N[C@@H](c1ccc(F)cc1)C(F)(F)F)C(=O)CCS(=O)(=O)CC1CC1. The number of sulfone groups is 1. The minimum Gasteiger partial charge on any atom is -0.345 e.